The van der Waals surface area contributed by atoms with Crippen LogP contribution in [0.1, 0.15) is 37.9 Å². The third kappa shape index (κ3) is 4.68. The highest BCUT2D eigenvalue weighted by molar-refractivity contribution is 5.76. The number of likely N-dealkylation sites (tertiary alicyclic amines) is 1. The van der Waals surface area contributed by atoms with E-state index < -0.39 is 5.97 Å². The first-order chi connectivity index (χ1) is 12.6. The molecule has 0 unspecified atom stereocenters. The number of aromatic nitrogens is 3. The number of hydrogen-bond donors (Lipinski definition) is 1. The van der Waals surface area contributed by atoms with Crippen LogP contribution in [0.15, 0.2) is 36.7 Å². The van der Waals surface area contributed by atoms with E-state index in [-0.39, 0.29) is 18.2 Å². The van der Waals surface area contributed by atoms with Crippen molar-refractivity contribution in [3.8, 4) is 5.69 Å². The maximum absolute atomic E-state index is 12.6. The van der Waals surface area contributed by atoms with E-state index in [0.717, 1.165) is 30.9 Å². The lowest BCUT2D eigenvalue weighted by Crippen LogP contribution is -2.40. The summed E-state index contributed by atoms with van der Waals surface area (Å²) in [6.45, 7) is 1.42. The summed E-state index contributed by atoms with van der Waals surface area (Å²) in [4.78, 5) is 25.2. The molecule has 0 saturated carbocycles. The maximum atomic E-state index is 12.6. The fourth-order valence-electron chi connectivity index (χ4n) is 3.47. The van der Waals surface area contributed by atoms with Crippen molar-refractivity contribution >= 4 is 11.9 Å². The number of carboxylic acid groups (broad SMARTS) is 1. The summed E-state index contributed by atoms with van der Waals surface area (Å²) in [6.07, 6.45) is 5.34. The van der Waals surface area contributed by atoms with E-state index in [0.29, 0.717) is 25.8 Å². The Bertz CT molecular complexity index is 744. The molecule has 0 spiro atoms. The Kier molecular flexibility index (Phi) is 5.99. The zero-order chi connectivity index (χ0) is 18.4. The number of carbonyl (C=O) groups excluding carboxylic acids is 1. The predicted molar refractivity (Wildman–Crippen MR) is 95.9 cm³/mol. The van der Waals surface area contributed by atoms with Crippen LogP contribution in [0.3, 0.4) is 0 Å². The van der Waals surface area contributed by atoms with Gasteiger partial charge in [-0.15, -0.1) is 10.2 Å². The Labute approximate surface area is 152 Å². The predicted octanol–water partition coefficient (Wildman–Crippen LogP) is 2.30. The zero-order valence-electron chi connectivity index (χ0n) is 14.8. The molecule has 1 atom stereocenters. The summed E-state index contributed by atoms with van der Waals surface area (Å²) < 4.78 is 1.90. The summed E-state index contributed by atoms with van der Waals surface area (Å²) in [5.74, 6) is 0.391. The summed E-state index contributed by atoms with van der Waals surface area (Å²) in [6, 6.07) is 9.82. The minimum atomic E-state index is -0.770. The average molecular weight is 356 g/mol. The zero-order valence-corrected chi connectivity index (χ0v) is 14.8. The fraction of sp³-hybridized carbons (Fsp3) is 0.474. The molecule has 2 aromatic rings. The van der Waals surface area contributed by atoms with Gasteiger partial charge >= 0.3 is 5.97 Å². The van der Waals surface area contributed by atoms with Crippen molar-refractivity contribution in [2.45, 2.75) is 38.5 Å². The van der Waals surface area contributed by atoms with Crippen LogP contribution in [0.2, 0.25) is 0 Å². The van der Waals surface area contributed by atoms with Crippen molar-refractivity contribution in [3.05, 3.63) is 42.5 Å². The van der Waals surface area contributed by atoms with Gasteiger partial charge in [0.2, 0.25) is 5.91 Å². The molecule has 0 aliphatic carbocycles. The molecule has 1 amide bonds. The number of piperidine rings is 1. The Morgan fingerprint density at radius 1 is 1.19 bits per heavy atom. The first-order valence-corrected chi connectivity index (χ1v) is 9.07. The van der Waals surface area contributed by atoms with Gasteiger partial charge in [-0.25, -0.2) is 0 Å². The van der Waals surface area contributed by atoms with E-state index in [1.54, 1.807) is 6.33 Å². The van der Waals surface area contributed by atoms with E-state index in [2.05, 4.69) is 10.2 Å². The molecular weight excluding hydrogens is 332 g/mol. The molecule has 7 heteroatoms. The lowest BCUT2D eigenvalue weighted by molar-refractivity contribution is -0.137. The van der Waals surface area contributed by atoms with E-state index in [4.69, 9.17) is 5.11 Å². The van der Waals surface area contributed by atoms with Gasteiger partial charge in [0.05, 0.1) is 0 Å². The molecule has 0 bridgehead atoms. The van der Waals surface area contributed by atoms with Gasteiger partial charge in [-0.05, 0) is 37.3 Å². The van der Waals surface area contributed by atoms with E-state index in [9.17, 15) is 9.59 Å². The lowest BCUT2D eigenvalue weighted by Gasteiger charge is -2.32. The highest BCUT2D eigenvalue weighted by atomic mass is 16.4. The monoisotopic (exact) mass is 356 g/mol. The highest BCUT2D eigenvalue weighted by Gasteiger charge is 2.24. The van der Waals surface area contributed by atoms with Crippen LogP contribution in [-0.4, -0.2) is 49.7 Å². The van der Waals surface area contributed by atoms with E-state index >= 15 is 0 Å². The van der Waals surface area contributed by atoms with Crippen LogP contribution in [0.4, 0.5) is 0 Å². The van der Waals surface area contributed by atoms with Gasteiger partial charge in [0, 0.05) is 38.0 Å². The molecule has 2 heterocycles. The van der Waals surface area contributed by atoms with Crippen LogP contribution in [0, 0.1) is 5.92 Å². The minimum absolute atomic E-state index is 0.104. The molecule has 1 fully saturated rings. The number of carboxylic acids is 1. The summed E-state index contributed by atoms with van der Waals surface area (Å²) >= 11 is 0. The average Bonchev–Trinajstić information content (AvgIpc) is 3.14. The van der Waals surface area contributed by atoms with E-state index in [1.807, 2.05) is 39.8 Å². The number of nitrogens with zero attached hydrogens (tertiary/aromatic N) is 4. The first kappa shape index (κ1) is 18.1. The molecule has 1 aromatic heterocycles. The largest absolute Gasteiger partial charge is 0.481 e. The van der Waals surface area contributed by atoms with Gasteiger partial charge < -0.3 is 10.0 Å². The van der Waals surface area contributed by atoms with Gasteiger partial charge in [-0.2, -0.15) is 0 Å². The molecule has 3 rings (SSSR count). The lowest BCUT2D eigenvalue weighted by atomic mass is 9.93. The topological polar surface area (TPSA) is 88.3 Å². The number of aliphatic carboxylic acids is 1. The first-order valence-electron chi connectivity index (χ1n) is 9.07. The van der Waals surface area contributed by atoms with Crippen LogP contribution >= 0.6 is 0 Å². The second-order valence-electron chi connectivity index (χ2n) is 6.73. The molecule has 138 valence electrons. The normalized spacial score (nSPS) is 17.2. The van der Waals surface area contributed by atoms with Crippen LogP contribution in [0.5, 0.6) is 0 Å². The highest BCUT2D eigenvalue weighted by Crippen LogP contribution is 2.22. The number of amides is 1. The Balaban J connectivity index is 1.54. The number of carbonyl (C=O) groups is 2. The molecule has 1 N–H and O–H groups in total. The fourth-order valence-corrected chi connectivity index (χ4v) is 3.47. The van der Waals surface area contributed by atoms with Gasteiger partial charge in [0.15, 0.2) is 0 Å². The van der Waals surface area contributed by atoms with Crippen LogP contribution in [0.25, 0.3) is 5.69 Å². The number of aryl methyl sites for hydroxylation is 1. The summed E-state index contributed by atoms with van der Waals surface area (Å²) in [7, 11) is 0. The van der Waals surface area contributed by atoms with Gasteiger partial charge in [0.1, 0.15) is 12.2 Å². The molecule has 7 nitrogen and oxygen atoms in total. The molecule has 26 heavy (non-hydrogen) atoms. The standard InChI is InChI=1S/C19H24N4O3/c24-18(22-12-4-5-15(13-22)8-11-19(25)26)10-9-17-21-20-14-23(17)16-6-2-1-3-7-16/h1-3,6-7,14-15H,4-5,8-13H2,(H,25,26)/t15-/m1/s1. The Morgan fingerprint density at radius 2 is 2.00 bits per heavy atom. The van der Waals surface area contributed by atoms with Gasteiger partial charge in [-0.1, -0.05) is 18.2 Å². The second kappa shape index (κ2) is 8.60. The molecule has 1 aliphatic heterocycles. The number of rotatable bonds is 7. The maximum Gasteiger partial charge on any atom is 0.303 e. The third-order valence-electron chi connectivity index (χ3n) is 4.85. The van der Waals surface area contributed by atoms with Gasteiger partial charge in [0.25, 0.3) is 0 Å². The SMILES string of the molecule is O=C(O)CC[C@H]1CCCN(C(=O)CCc2nncn2-c2ccccc2)C1. The second-order valence-corrected chi connectivity index (χ2v) is 6.73. The van der Waals surface area contributed by atoms with Crippen molar-refractivity contribution in [3.63, 3.8) is 0 Å². The molecule has 1 saturated heterocycles. The number of para-hydroxylation sites is 1. The summed E-state index contributed by atoms with van der Waals surface area (Å²) in [5.41, 5.74) is 0.978. The van der Waals surface area contributed by atoms with Crippen molar-refractivity contribution in [1.82, 2.24) is 19.7 Å². The smallest absolute Gasteiger partial charge is 0.303 e. The molecule has 1 aliphatic rings. The Morgan fingerprint density at radius 3 is 2.77 bits per heavy atom. The van der Waals surface area contributed by atoms with Crippen molar-refractivity contribution in [2.75, 3.05) is 13.1 Å². The number of benzene rings is 1. The van der Waals surface area contributed by atoms with Crippen molar-refractivity contribution in [1.29, 1.82) is 0 Å². The molecule has 0 radical (unpaired) electrons. The van der Waals surface area contributed by atoms with Crippen LogP contribution in [-0.2, 0) is 16.0 Å². The quantitative estimate of drug-likeness (QED) is 0.822. The van der Waals surface area contributed by atoms with Crippen LogP contribution < -0.4 is 0 Å². The van der Waals surface area contributed by atoms with Crippen molar-refractivity contribution in [2.24, 2.45) is 5.92 Å². The van der Waals surface area contributed by atoms with Crippen molar-refractivity contribution < 1.29 is 14.7 Å². The summed E-state index contributed by atoms with van der Waals surface area (Å²) in [5, 5.41) is 17.0. The van der Waals surface area contributed by atoms with E-state index in [1.165, 1.54) is 0 Å². The molecule has 1 aromatic carbocycles. The third-order valence-corrected chi connectivity index (χ3v) is 4.85. The Hall–Kier alpha value is -2.70. The molecular formula is C19H24N4O3. The number of hydrogen-bond acceptors (Lipinski definition) is 4. The van der Waals surface area contributed by atoms with Gasteiger partial charge in [-0.3, -0.25) is 14.2 Å². The minimum Gasteiger partial charge on any atom is -0.481 e.